The minimum atomic E-state index is -0.353. The third kappa shape index (κ3) is 1.96. The van der Waals surface area contributed by atoms with Crippen LogP contribution in [0.1, 0.15) is 5.56 Å². The number of cyclic esters (lactones) is 1. The number of hydrogen-bond donors (Lipinski definition) is 2. The fourth-order valence-corrected chi connectivity index (χ4v) is 1.44. The summed E-state index contributed by atoms with van der Waals surface area (Å²) in [5.74, 6) is 0.246. The van der Waals surface area contributed by atoms with Gasteiger partial charge in [0.05, 0.1) is 6.54 Å². The lowest BCUT2D eigenvalue weighted by molar-refractivity contribution is 0.140. The third-order valence-corrected chi connectivity index (χ3v) is 2.15. The molecule has 1 heterocycles. The van der Waals surface area contributed by atoms with Crippen molar-refractivity contribution in [2.24, 2.45) is 0 Å². The second-order valence-electron chi connectivity index (χ2n) is 3.28. The van der Waals surface area contributed by atoms with Crippen LogP contribution in [0.15, 0.2) is 24.3 Å². The molecule has 1 saturated heterocycles. The summed E-state index contributed by atoms with van der Waals surface area (Å²) < 4.78 is 4.98. The molecule has 1 amide bonds. The van der Waals surface area contributed by atoms with Crippen molar-refractivity contribution in [3.8, 4) is 5.75 Å². The fourth-order valence-electron chi connectivity index (χ4n) is 1.44. The zero-order valence-electron chi connectivity index (χ0n) is 7.56. The highest BCUT2D eigenvalue weighted by Gasteiger charge is 2.22. The molecule has 0 unspecified atom stereocenters. The third-order valence-electron chi connectivity index (χ3n) is 2.15. The van der Waals surface area contributed by atoms with Crippen LogP contribution in [0.4, 0.5) is 4.79 Å². The second kappa shape index (κ2) is 3.57. The Kier molecular flexibility index (Phi) is 2.26. The topological polar surface area (TPSA) is 58.6 Å². The first-order valence-electron chi connectivity index (χ1n) is 4.46. The standard InChI is InChI=1S/C10H11NO3/c12-8-3-1-7(2-4-8)5-9-6-11-10(13)14-9/h1-4,9,12H,5-6H2,(H,11,13)/t9-/m0/s1. The zero-order valence-corrected chi connectivity index (χ0v) is 7.56. The molecule has 74 valence electrons. The van der Waals surface area contributed by atoms with Crippen molar-refractivity contribution in [3.63, 3.8) is 0 Å². The first-order chi connectivity index (χ1) is 6.74. The van der Waals surface area contributed by atoms with Gasteiger partial charge in [0.1, 0.15) is 11.9 Å². The van der Waals surface area contributed by atoms with E-state index < -0.39 is 0 Å². The Balaban J connectivity index is 1.97. The molecule has 1 fully saturated rings. The van der Waals surface area contributed by atoms with Crippen LogP contribution in [0, 0.1) is 0 Å². The summed E-state index contributed by atoms with van der Waals surface area (Å²) >= 11 is 0. The molecule has 1 aromatic rings. The monoisotopic (exact) mass is 193 g/mol. The Morgan fingerprint density at radius 1 is 1.43 bits per heavy atom. The number of hydrogen-bond acceptors (Lipinski definition) is 3. The van der Waals surface area contributed by atoms with Gasteiger partial charge in [0.2, 0.25) is 0 Å². The summed E-state index contributed by atoms with van der Waals surface area (Å²) in [5, 5.41) is 11.7. The van der Waals surface area contributed by atoms with Gasteiger partial charge >= 0.3 is 6.09 Å². The maximum absolute atomic E-state index is 10.7. The van der Waals surface area contributed by atoms with E-state index in [1.807, 2.05) is 12.1 Å². The summed E-state index contributed by atoms with van der Waals surface area (Å²) in [5.41, 5.74) is 1.05. The SMILES string of the molecule is O=C1NC[C@H](Cc2ccc(O)cc2)O1. The highest BCUT2D eigenvalue weighted by Crippen LogP contribution is 2.13. The summed E-state index contributed by atoms with van der Waals surface area (Å²) in [6, 6.07) is 6.89. The Hall–Kier alpha value is -1.71. The smallest absolute Gasteiger partial charge is 0.407 e. The summed E-state index contributed by atoms with van der Waals surface area (Å²) in [7, 11) is 0. The van der Waals surface area contributed by atoms with Gasteiger partial charge in [0.15, 0.2) is 0 Å². The van der Waals surface area contributed by atoms with Crippen molar-refractivity contribution < 1.29 is 14.6 Å². The van der Waals surface area contributed by atoms with Crippen molar-refractivity contribution in [1.29, 1.82) is 0 Å². The van der Waals surface area contributed by atoms with E-state index in [0.717, 1.165) is 5.56 Å². The first kappa shape index (κ1) is 8.87. The summed E-state index contributed by atoms with van der Waals surface area (Å²) in [6.07, 6.45) is 0.236. The van der Waals surface area contributed by atoms with Crippen LogP contribution in [0.3, 0.4) is 0 Å². The number of carbonyl (C=O) groups is 1. The van der Waals surface area contributed by atoms with Gasteiger partial charge in [-0.25, -0.2) is 4.79 Å². The molecule has 2 N–H and O–H groups in total. The fraction of sp³-hybridized carbons (Fsp3) is 0.300. The largest absolute Gasteiger partial charge is 0.508 e. The number of ether oxygens (including phenoxy) is 1. The average Bonchev–Trinajstić information content (AvgIpc) is 2.56. The average molecular weight is 193 g/mol. The summed E-state index contributed by atoms with van der Waals surface area (Å²) in [4.78, 5) is 10.7. The van der Waals surface area contributed by atoms with E-state index in [0.29, 0.717) is 13.0 Å². The molecule has 0 spiro atoms. The van der Waals surface area contributed by atoms with Gasteiger partial charge in [-0.3, -0.25) is 0 Å². The number of aromatic hydroxyl groups is 1. The van der Waals surface area contributed by atoms with Crippen molar-refractivity contribution in [2.45, 2.75) is 12.5 Å². The minimum Gasteiger partial charge on any atom is -0.508 e. The van der Waals surface area contributed by atoms with E-state index in [9.17, 15) is 4.79 Å². The highest BCUT2D eigenvalue weighted by molar-refractivity contribution is 5.69. The molecule has 1 aliphatic rings. The Labute approximate surface area is 81.5 Å². The maximum Gasteiger partial charge on any atom is 0.407 e. The van der Waals surface area contributed by atoms with Crippen molar-refractivity contribution in [1.82, 2.24) is 5.32 Å². The molecule has 4 nitrogen and oxygen atoms in total. The van der Waals surface area contributed by atoms with Gasteiger partial charge in [-0.15, -0.1) is 0 Å². The Bertz CT molecular complexity index is 334. The van der Waals surface area contributed by atoms with Crippen LogP contribution in [-0.2, 0) is 11.2 Å². The Morgan fingerprint density at radius 2 is 2.14 bits per heavy atom. The van der Waals surface area contributed by atoms with Crippen LogP contribution in [-0.4, -0.2) is 23.8 Å². The second-order valence-corrected chi connectivity index (χ2v) is 3.28. The van der Waals surface area contributed by atoms with E-state index in [-0.39, 0.29) is 17.9 Å². The van der Waals surface area contributed by atoms with E-state index in [1.165, 1.54) is 0 Å². The van der Waals surface area contributed by atoms with Crippen LogP contribution >= 0.6 is 0 Å². The molecule has 4 heteroatoms. The van der Waals surface area contributed by atoms with Crippen molar-refractivity contribution >= 4 is 6.09 Å². The quantitative estimate of drug-likeness (QED) is 0.737. The van der Waals surface area contributed by atoms with Crippen LogP contribution in [0.5, 0.6) is 5.75 Å². The van der Waals surface area contributed by atoms with Crippen LogP contribution in [0.2, 0.25) is 0 Å². The van der Waals surface area contributed by atoms with E-state index in [2.05, 4.69) is 5.32 Å². The normalized spacial score (nSPS) is 20.3. The zero-order chi connectivity index (χ0) is 9.97. The predicted octanol–water partition coefficient (Wildman–Crippen LogP) is 1.04. The number of amides is 1. The Morgan fingerprint density at radius 3 is 2.71 bits per heavy atom. The molecule has 14 heavy (non-hydrogen) atoms. The van der Waals surface area contributed by atoms with E-state index in [4.69, 9.17) is 9.84 Å². The molecule has 0 aliphatic carbocycles. The number of phenols is 1. The number of nitrogens with one attached hydrogen (secondary N) is 1. The molecular formula is C10H11NO3. The molecule has 0 bridgehead atoms. The number of phenolic OH excluding ortho intramolecular Hbond substituents is 1. The lowest BCUT2D eigenvalue weighted by atomic mass is 10.1. The molecule has 0 radical (unpaired) electrons. The molecular weight excluding hydrogens is 182 g/mol. The van der Waals surface area contributed by atoms with Crippen molar-refractivity contribution in [3.05, 3.63) is 29.8 Å². The van der Waals surface area contributed by atoms with Crippen molar-refractivity contribution in [2.75, 3.05) is 6.54 Å². The van der Waals surface area contributed by atoms with Gasteiger partial charge < -0.3 is 15.2 Å². The van der Waals surface area contributed by atoms with Gasteiger partial charge in [-0.05, 0) is 17.7 Å². The van der Waals surface area contributed by atoms with E-state index >= 15 is 0 Å². The lowest BCUT2D eigenvalue weighted by Gasteiger charge is -2.07. The molecule has 0 saturated carbocycles. The molecule has 0 aromatic heterocycles. The molecule has 2 rings (SSSR count). The first-order valence-corrected chi connectivity index (χ1v) is 4.46. The summed E-state index contributed by atoms with van der Waals surface area (Å²) in [6.45, 7) is 0.555. The van der Waals surface area contributed by atoms with Crippen LogP contribution < -0.4 is 5.32 Å². The molecule has 1 atom stereocenters. The minimum absolute atomic E-state index is 0.0907. The highest BCUT2D eigenvalue weighted by atomic mass is 16.6. The number of carbonyl (C=O) groups excluding carboxylic acids is 1. The van der Waals surface area contributed by atoms with E-state index in [1.54, 1.807) is 12.1 Å². The van der Waals surface area contributed by atoms with Crippen LogP contribution in [0.25, 0.3) is 0 Å². The number of benzene rings is 1. The molecule has 1 aromatic carbocycles. The maximum atomic E-state index is 10.7. The number of alkyl carbamates (subject to hydrolysis) is 1. The predicted molar refractivity (Wildman–Crippen MR) is 50.1 cm³/mol. The van der Waals surface area contributed by atoms with Gasteiger partial charge in [0.25, 0.3) is 0 Å². The van der Waals surface area contributed by atoms with Gasteiger partial charge in [-0.1, -0.05) is 12.1 Å². The van der Waals surface area contributed by atoms with Gasteiger partial charge in [0, 0.05) is 6.42 Å². The lowest BCUT2D eigenvalue weighted by Crippen LogP contribution is -2.16. The van der Waals surface area contributed by atoms with Gasteiger partial charge in [-0.2, -0.15) is 0 Å². The molecule has 1 aliphatic heterocycles. The number of rotatable bonds is 2.